The molecule has 0 N–H and O–H groups in total. The molecule has 3 heterocycles. The van der Waals surface area contributed by atoms with Gasteiger partial charge in [-0.2, -0.15) is 27.4 Å². The smallest absolute Gasteiger partial charge is 0.195 e. The minimum atomic E-state index is 0.639. The molecule has 6 nitrogen and oxygen atoms in total. The van der Waals surface area contributed by atoms with Gasteiger partial charge in [-0.1, -0.05) is 106 Å². The molecule has 0 radical (unpaired) electrons. The minimum Gasteiger partial charge on any atom is -0.195 e. The summed E-state index contributed by atoms with van der Waals surface area (Å²) in [5.41, 5.74) is 11.4. The van der Waals surface area contributed by atoms with Crippen LogP contribution in [0.5, 0.6) is 0 Å². The molecule has 0 atom stereocenters. The largest absolute Gasteiger partial charge is 0.255 e. The topological polar surface area (TPSA) is 26.4 Å². The molecule has 10 aromatic carbocycles. The van der Waals surface area contributed by atoms with Crippen molar-refractivity contribution in [2.24, 2.45) is 0 Å². The van der Waals surface area contributed by atoms with E-state index in [1.807, 2.05) is 109 Å². The molecule has 0 fully saturated rings. The van der Waals surface area contributed by atoms with E-state index < -0.39 is 0 Å². The van der Waals surface area contributed by atoms with Crippen LogP contribution in [0.3, 0.4) is 0 Å². The van der Waals surface area contributed by atoms with Gasteiger partial charge in [-0.25, -0.2) is 0 Å². The number of hydrogen-bond donors (Lipinski definition) is 0. The highest BCUT2D eigenvalue weighted by Crippen LogP contribution is 2.42. The van der Waals surface area contributed by atoms with Crippen molar-refractivity contribution < 1.29 is 13.7 Å². The van der Waals surface area contributed by atoms with Crippen LogP contribution < -0.4 is 13.7 Å². The minimum absolute atomic E-state index is 0.639. The molecule has 0 saturated carbocycles. The van der Waals surface area contributed by atoms with Gasteiger partial charge in [0, 0.05) is 66.5 Å². The van der Waals surface area contributed by atoms with E-state index in [1.54, 1.807) is 0 Å². The first-order valence-electron chi connectivity index (χ1n) is 22.0. The third-order valence-electron chi connectivity index (χ3n) is 13.0. The number of halogens is 6. The number of rotatable bonds is 6. The molecule has 330 valence electrons. The lowest BCUT2D eigenvalue weighted by atomic mass is 9.92. The highest BCUT2D eigenvalue weighted by molar-refractivity contribution is 6.33. The van der Waals surface area contributed by atoms with Gasteiger partial charge >= 0.3 is 0 Å². The molecule has 0 unspecified atom stereocenters. The second-order valence-electron chi connectivity index (χ2n) is 17.1. The molecule has 0 spiro atoms. The third-order valence-corrected chi connectivity index (χ3v) is 14.4. The van der Waals surface area contributed by atoms with Gasteiger partial charge in [-0.05, 0) is 142 Å². The molecule has 13 aromatic rings. The van der Waals surface area contributed by atoms with Gasteiger partial charge in [0.05, 0.1) is 0 Å². The fourth-order valence-corrected chi connectivity index (χ4v) is 11.0. The van der Waals surface area contributed by atoms with E-state index in [4.69, 9.17) is 69.6 Å². The maximum absolute atomic E-state index is 6.70. The fraction of sp³-hybridized carbons (Fsp3) is 0. The zero-order valence-corrected chi connectivity index (χ0v) is 40.5. The van der Waals surface area contributed by atoms with Crippen molar-refractivity contribution in [3.8, 4) is 34.1 Å². The van der Waals surface area contributed by atoms with Crippen LogP contribution in [-0.4, -0.2) is 13.7 Å². The molecular weight excluding hydrogens is 981 g/mol. The van der Waals surface area contributed by atoms with Gasteiger partial charge in [0.1, 0.15) is 34.1 Å². The van der Waals surface area contributed by atoms with E-state index >= 15 is 0 Å². The first-order valence-corrected chi connectivity index (χ1v) is 24.3. The summed E-state index contributed by atoms with van der Waals surface area (Å²) in [5.74, 6) is 0. The van der Waals surface area contributed by atoms with Gasteiger partial charge in [-0.15, -0.1) is 0 Å². The molecule has 0 aliphatic rings. The Morgan fingerprint density at radius 1 is 0.261 bits per heavy atom. The van der Waals surface area contributed by atoms with Gasteiger partial charge in [-0.3, -0.25) is 0 Å². The van der Waals surface area contributed by atoms with Crippen molar-refractivity contribution in [1.82, 2.24) is 13.7 Å². The van der Waals surface area contributed by atoms with Gasteiger partial charge in [0.25, 0.3) is 19.0 Å². The average molecular weight is 1010 g/mol. The molecule has 0 amide bonds. The van der Waals surface area contributed by atoms with Crippen molar-refractivity contribution in [3.05, 3.63) is 231 Å². The van der Waals surface area contributed by atoms with Crippen LogP contribution in [0.15, 0.2) is 201 Å². The van der Waals surface area contributed by atoms with Crippen molar-refractivity contribution in [1.29, 1.82) is 0 Å². The predicted octanol–water partition coefficient (Wildman–Crippen LogP) is 15.7. The monoisotopic (exact) mass is 1010 g/mol. The van der Waals surface area contributed by atoms with E-state index in [9.17, 15) is 0 Å². The lowest BCUT2D eigenvalue weighted by molar-refractivity contribution is -0.568. The molecule has 12 heteroatoms. The summed E-state index contributed by atoms with van der Waals surface area (Å²) in [6.45, 7) is 0. The summed E-state index contributed by atoms with van der Waals surface area (Å²) in [4.78, 5) is 0. The summed E-state index contributed by atoms with van der Waals surface area (Å²) in [6, 6.07) is 61.4. The lowest BCUT2D eigenvalue weighted by Crippen LogP contribution is -2.29. The number of hydrogen-bond acceptors (Lipinski definition) is 0. The summed E-state index contributed by atoms with van der Waals surface area (Å²) >= 11 is 40.2. The Balaban J connectivity index is 1.24. The van der Waals surface area contributed by atoms with E-state index in [2.05, 4.69) is 119 Å². The van der Waals surface area contributed by atoms with Crippen LogP contribution in [0.2, 0.25) is 30.1 Å². The SMILES string of the molecule is Clc1cccc(-n2c[n+](-c3cccc(Cl)c3)c3cc4c(cc32)c2cc3c(cc2c2cc5c(cc42)n(-c2cccc(Cl)c2)c[n+]5-c2cccc(Cl)c2)n(-c2cccc(Cl)c2)c[n+]3-c2cccc(Cl)c2)c1. The number of imidazole rings is 3. The molecule has 3 aromatic heterocycles. The third kappa shape index (κ3) is 7.13. The standard InChI is InChI=1S/C57H33Cl6N6/c58-34-7-1-13-40(19-34)64-31-65(41-14-2-8-35(59)20-41)53-26-47-46(25-52(53)64)48-27-54-56(68(44-17-5-11-38(62)23-44)32-66(54)42-15-3-9-36(60)21-42)29-50(48)51-30-57-55(28-49(47)51)67(43-16-4-10-37(61)22-43)33-69(57)45-18-6-12-39(63)24-45/h1-33H/q+3. The Hall–Kier alpha value is -6.87. The second-order valence-corrected chi connectivity index (χ2v) is 19.7. The van der Waals surface area contributed by atoms with Crippen LogP contribution in [0.1, 0.15) is 0 Å². The molecule has 13 rings (SSSR count). The van der Waals surface area contributed by atoms with E-state index in [-0.39, 0.29) is 0 Å². The van der Waals surface area contributed by atoms with E-state index in [1.165, 1.54) is 0 Å². The molecule has 0 saturated heterocycles. The van der Waals surface area contributed by atoms with Crippen LogP contribution in [-0.2, 0) is 0 Å². The highest BCUT2D eigenvalue weighted by Gasteiger charge is 2.28. The number of aromatic nitrogens is 6. The Labute approximate surface area is 424 Å². The molecule has 0 bridgehead atoms. The fourth-order valence-electron chi connectivity index (χ4n) is 9.94. The van der Waals surface area contributed by atoms with Crippen LogP contribution in [0, 0.1) is 0 Å². The lowest BCUT2D eigenvalue weighted by Gasteiger charge is -2.11. The highest BCUT2D eigenvalue weighted by atomic mass is 35.5. The molecule has 0 aliphatic heterocycles. The second kappa shape index (κ2) is 16.4. The predicted molar refractivity (Wildman–Crippen MR) is 284 cm³/mol. The first kappa shape index (κ1) is 42.2. The summed E-state index contributed by atoms with van der Waals surface area (Å²) in [7, 11) is 0. The van der Waals surface area contributed by atoms with E-state index in [0.717, 1.165) is 99.5 Å². The molecule has 0 aliphatic carbocycles. The van der Waals surface area contributed by atoms with Crippen LogP contribution in [0.25, 0.3) is 99.5 Å². The zero-order chi connectivity index (χ0) is 46.7. The van der Waals surface area contributed by atoms with Crippen molar-refractivity contribution in [3.63, 3.8) is 0 Å². The maximum atomic E-state index is 6.70. The summed E-state index contributed by atoms with van der Waals surface area (Å²) in [6.07, 6.45) is 6.33. The number of fused-ring (bicyclic) bond motifs is 9. The Morgan fingerprint density at radius 2 is 0.507 bits per heavy atom. The summed E-state index contributed by atoms with van der Waals surface area (Å²) in [5, 5.41) is 10.2. The Kier molecular flexibility index (Phi) is 10.0. The Bertz CT molecular complexity index is 3570. The number of benzene rings is 10. The van der Waals surface area contributed by atoms with Crippen LogP contribution >= 0.6 is 69.6 Å². The normalized spacial score (nSPS) is 11.9. The van der Waals surface area contributed by atoms with Gasteiger partial charge < -0.3 is 0 Å². The van der Waals surface area contributed by atoms with E-state index in [0.29, 0.717) is 30.1 Å². The zero-order valence-electron chi connectivity index (χ0n) is 36.0. The van der Waals surface area contributed by atoms with Crippen LogP contribution in [0.4, 0.5) is 0 Å². The molecular formula is C57H33Cl6N6+3. The molecule has 69 heavy (non-hydrogen) atoms. The van der Waals surface area contributed by atoms with Crippen molar-refractivity contribution in [2.75, 3.05) is 0 Å². The Morgan fingerprint density at radius 3 is 0.768 bits per heavy atom. The van der Waals surface area contributed by atoms with Crippen molar-refractivity contribution in [2.45, 2.75) is 0 Å². The first-order chi connectivity index (χ1) is 33.6. The van der Waals surface area contributed by atoms with Gasteiger partial charge in [0.2, 0.25) is 0 Å². The van der Waals surface area contributed by atoms with Gasteiger partial charge in [0.15, 0.2) is 33.1 Å². The number of nitrogens with zero attached hydrogens (tertiary/aromatic N) is 6. The quantitative estimate of drug-likeness (QED) is 0.117. The maximum Gasteiger partial charge on any atom is 0.255 e. The average Bonchev–Trinajstić information content (AvgIpc) is 4.04. The summed E-state index contributed by atoms with van der Waals surface area (Å²) < 4.78 is 13.2. The van der Waals surface area contributed by atoms with Crippen molar-refractivity contribution >= 4 is 135 Å².